The van der Waals surface area contributed by atoms with Gasteiger partial charge in [0.2, 0.25) is 11.8 Å². The number of halogens is 1. The van der Waals surface area contributed by atoms with Gasteiger partial charge in [-0.25, -0.2) is 4.98 Å². The molecule has 2 N–H and O–H groups in total. The molecule has 0 fully saturated rings. The van der Waals surface area contributed by atoms with Gasteiger partial charge in [0.15, 0.2) is 0 Å². The zero-order valence-electron chi connectivity index (χ0n) is 19.6. The van der Waals surface area contributed by atoms with Crippen molar-refractivity contribution in [2.45, 2.75) is 33.2 Å². The third kappa shape index (κ3) is 4.81. The van der Waals surface area contributed by atoms with Crippen LogP contribution in [0.1, 0.15) is 31.9 Å². The summed E-state index contributed by atoms with van der Waals surface area (Å²) in [6.45, 7) is 5.07. The number of rotatable bonds is 6. The Morgan fingerprint density at radius 1 is 0.971 bits per heavy atom. The van der Waals surface area contributed by atoms with Crippen molar-refractivity contribution in [3.8, 4) is 11.3 Å². The number of amides is 2. The van der Waals surface area contributed by atoms with Crippen molar-refractivity contribution in [3.05, 3.63) is 87.7 Å². The van der Waals surface area contributed by atoms with E-state index in [-0.39, 0.29) is 17.5 Å². The zero-order chi connectivity index (χ0) is 25.1. The Balaban J connectivity index is 1.89. The molecule has 0 aliphatic rings. The van der Waals surface area contributed by atoms with Crippen LogP contribution in [-0.2, 0) is 9.59 Å². The van der Waals surface area contributed by atoms with Gasteiger partial charge in [0.25, 0.3) is 5.56 Å². The number of aromatic nitrogens is 2. The molecule has 0 saturated carbocycles. The monoisotopic (exact) mass is 488 g/mol. The van der Waals surface area contributed by atoms with Crippen LogP contribution < -0.4 is 16.2 Å². The quantitative estimate of drug-likeness (QED) is 0.371. The van der Waals surface area contributed by atoms with Crippen LogP contribution in [0, 0.1) is 6.92 Å². The Kier molecular flexibility index (Phi) is 6.98. The second-order valence-electron chi connectivity index (χ2n) is 8.18. The number of para-hydroxylation sites is 3. The summed E-state index contributed by atoms with van der Waals surface area (Å²) in [7, 11) is 0. The van der Waals surface area contributed by atoms with Gasteiger partial charge in [-0.15, -0.1) is 0 Å². The van der Waals surface area contributed by atoms with Crippen molar-refractivity contribution in [1.29, 1.82) is 0 Å². The number of nitrogens with one attached hydrogen (secondary N) is 2. The molecule has 0 spiro atoms. The lowest BCUT2D eigenvalue weighted by Gasteiger charge is -2.22. The third-order valence-corrected chi connectivity index (χ3v) is 6.22. The van der Waals surface area contributed by atoms with E-state index in [1.807, 2.05) is 19.9 Å². The van der Waals surface area contributed by atoms with Crippen molar-refractivity contribution >= 4 is 45.8 Å². The van der Waals surface area contributed by atoms with Crippen LogP contribution >= 0.6 is 11.6 Å². The number of anilines is 2. The zero-order valence-corrected chi connectivity index (χ0v) is 20.4. The van der Waals surface area contributed by atoms with Crippen LogP contribution in [-0.4, -0.2) is 21.4 Å². The van der Waals surface area contributed by atoms with Crippen LogP contribution in [0.3, 0.4) is 0 Å². The molecule has 1 heterocycles. The van der Waals surface area contributed by atoms with E-state index in [1.54, 1.807) is 60.7 Å². The molecule has 0 aliphatic heterocycles. The first-order valence-corrected chi connectivity index (χ1v) is 11.6. The van der Waals surface area contributed by atoms with E-state index in [1.165, 1.54) is 11.5 Å². The molecule has 0 bridgehead atoms. The molecular weight excluding hydrogens is 464 g/mol. The minimum absolute atomic E-state index is 0.151. The number of carbonyl (C=O) groups is 2. The van der Waals surface area contributed by atoms with Crippen LogP contribution in [0.2, 0.25) is 5.02 Å². The average Bonchev–Trinajstić information content (AvgIpc) is 2.83. The summed E-state index contributed by atoms with van der Waals surface area (Å²) in [5.74, 6) is -0.598. The van der Waals surface area contributed by atoms with E-state index < -0.39 is 11.6 Å². The predicted molar refractivity (Wildman–Crippen MR) is 140 cm³/mol. The SMILES string of the molecule is CC[C@@H](C(=O)Nc1cccc(Cl)c1C)n1c(=O)c(-c2ccccc2NC(C)=O)nc2ccccc21. The molecule has 0 aliphatic carbocycles. The fraction of sp³-hybridized carbons (Fsp3) is 0.185. The Labute approximate surface area is 207 Å². The molecular formula is C27H25ClN4O3. The highest BCUT2D eigenvalue weighted by Crippen LogP contribution is 2.28. The Bertz CT molecular complexity index is 1500. The molecule has 4 rings (SSSR count). The Morgan fingerprint density at radius 3 is 2.40 bits per heavy atom. The van der Waals surface area contributed by atoms with E-state index in [2.05, 4.69) is 15.6 Å². The van der Waals surface area contributed by atoms with Crippen LogP contribution in [0.25, 0.3) is 22.3 Å². The number of fused-ring (bicyclic) bond motifs is 1. The highest BCUT2D eigenvalue weighted by molar-refractivity contribution is 6.31. The summed E-state index contributed by atoms with van der Waals surface area (Å²) < 4.78 is 1.48. The first kappa shape index (κ1) is 24.2. The van der Waals surface area contributed by atoms with Gasteiger partial charge < -0.3 is 10.6 Å². The van der Waals surface area contributed by atoms with E-state index >= 15 is 0 Å². The first-order chi connectivity index (χ1) is 16.8. The molecule has 3 aromatic carbocycles. The van der Waals surface area contributed by atoms with Crippen LogP contribution in [0.4, 0.5) is 11.4 Å². The van der Waals surface area contributed by atoms with E-state index in [4.69, 9.17) is 11.6 Å². The van der Waals surface area contributed by atoms with Gasteiger partial charge in [-0.05, 0) is 49.2 Å². The summed E-state index contributed by atoms with van der Waals surface area (Å²) in [5.41, 5.74) is 3.11. The molecule has 1 aromatic heterocycles. The standard InChI is InChI=1S/C27H25ClN4O3/c1-4-23(26(34)31-20-14-9-11-19(28)16(20)2)32-24-15-8-7-13-22(24)30-25(27(32)35)18-10-5-6-12-21(18)29-17(3)33/h5-15,23H,4H2,1-3H3,(H,29,33)(H,31,34)/t23-/m0/s1. The lowest BCUT2D eigenvalue weighted by Crippen LogP contribution is -2.34. The lowest BCUT2D eigenvalue weighted by molar-refractivity contribution is -0.119. The van der Waals surface area contributed by atoms with Gasteiger partial charge in [0, 0.05) is 23.2 Å². The largest absolute Gasteiger partial charge is 0.326 e. The third-order valence-electron chi connectivity index (χ3n) is 5.81. The summed E-state index contributed by atoms with van der Waals surface area (Å²) in [4.78, 5) is 43.7. The predicted octanol–water partition coefficient (Wildman–Crippen LogP) is 5.57. The van der Waals surface area contributed by atoms with Gasteiger partial charge in [-0.1, -0.05) is 54.9 Å². The van der Waals surface area contributed by atoms with Crippen molar-refractivity contribution in [3.63, 3.8) is 0 Å². The van der Waals surface area contributed by atoms with Gasteiger partial charge in [-0.3, -0.25) is 19.0 Å². The first-order valence-electron chi connectivity index (χ1n) is 11.3. The minimum Gasteiger partial charge on any atom is -0.326 e. The molecule has 0 saturated heterocycles. The Hall–Kier alpha value is -3.97. The van der Waals surface area contributed by atoms with Crippen molar-refractivity contribution in [1.82, 2.24) is 9.55 Å². The van der Waals surface area contributed by atoms with Gasteiger partial charge in [0.1, 0.15) is 11.7 Å². The maximum atomic E-state index is 13.9. The Morgan fingerprint density at radius 2 is 1.66 bits per heavy atom. The van der Waals surface area contributed by atoms with E-state index in [9.17, 15) is 14.4 Å². The molecule has 0 unspecified atom stereocenters. The summed E-state index contributed by atoms with van der Waals surface area (Å²) >= 11 is 6.23. The second kappa shape index (κ2) is 10.1. The number of carbonyl (C=O) groups excluding carboxylic acids is 2. The number of hydrogen-bond acceptors (Lipinski definition) is 4. The summed E-state index contributed by atoms with van der Waals surface area (Å²) in [6, 6.07) is 18.6. The van der Waals surface area contributed by atoms with Gasteiger partial charge in [0.05, 0.1) is 16.7 Å². The van der Waals surface area contributed by atoms with Gasteiger partial charge in [-0.2, -0.15) is 0 Å². The van der Waals surface area contributed by atoms with Crippen molar-refractivity contribution < 1.29 is 9.59 Å². The summed E-state index contributed by atoms with van der Waals surface area (Å²) in [6.07, 6.45) is 0.367. The summed E-state index contributed by atoms with van der Waals surface area (Å²) in [5, 5.41) is 6.23. The number of nitrogens with zero attached hydrogens (tertiary/aromatic N) is 2. The molecule has 35 heavy (non-hydrogen) atoms. The molecule has 4 aromatic rings. The average molecular weight is 489 g/mol. The van der Waals surface area contributed by atoms with E-state index in [0.717, 1.165) is 5.56 Å². The normalized spacial score (nSPS) is 11.8. The molecule has 178 valence electrons. The molecule has 0 radical (unpaired) electrons. The maximum Gasteiger partial charge on any atom is 0.278 e. The number of benzene rings is 3. The highest BCUT2D eigenvalue weighted by atomic mass is 35.5. The van der Waals surface area contributed by atoms with Gasteiger partial charge >= 0.3 is 0 Å². The molecule has 1 atom stereocenters. The highest BCUT2D eigenvalue weighted by Gasteiger charge is 2.25. The fourth-order valence-electron chi connectivity index (χ4n) is 4.07. The molecule has 7 nitrogen and oxygen atoms in total. The smallest absolute Gasteiger partial charge is 0.278 e. The van der Waals surface area contributed by atoms with Crippen LogP contribution in [0.15, 0.2) is 71.5 Å². The molecule has 2 amide bonds. The van der Waals surface area contributed by atoms with E-state index in [0.29, 0.717) is 39.4 Å². The van der Waals surface area contributed by atoms with Crippen molar-refractivity contribution in [2.75, 3.05) is 10.6 Å². The lowest BCUT2D eigenvalue weighted by atomic mass is 10.1. The number of hydrogen-bond donors (Lipinski definition) is 2. The maximum absolute atomic E-state index is 13.9. The molecule has 8 heteroatoms. The van der Waals surface area contributed by atoms with Crippen molar-refractivity contribution in [2.24, 2.45) is 0 Å². The fourth-order valence-corrected chi connectivity index (χ4v) is 4.25. The topological polar surface area (TPSA) is 93.1 Å². The second-order valence-corrected chi connectivity index (χ2v) is 8.58. The minimum atomic E-state index is -0.805. The van der Waals surface area contributed by atoms with Crippen LogP contribution in [0.5, 0.6) is 0 Å².